The van der Waals surface area contributed by atoms with Gasteiger partial charge in [0.25, 0.3) is 11.5 Å². The van der Waals surface area contributed by atoms with Crippen molar-refractivity contribution in [2.45, 2.75) is 33.6 Å². The van der Waals surface area contributed by atoms with Crippen LogP contribution in [0.3, 0.4) is 0 Å². The van der Waals surface area contributed by atoms with Crippen LogP contribution in [0.2, 0.25) is 0 Å². The molecule has 1 amide bonds. The summed E-state index contributed by atoms with van der Waals surface area (Å²) in [5.74, 6) is 0.853. The highest BCUT2D eigenvalue weighted by molar-refractivity contribution is 5.95. The van der Waals surface area contributed by atoms with Crippen molar-refractivity contribution in [2.24, 2.45) is 0 Å². The summed E-state index contributed by atoms with van der Waals surface area (Å²) in [5, 5.41) is 3.77. The quantitative estimate of drug-likeness (QED) is 0.710. The van der Waals surface area contributed by atoms with Gasteiger partial charge in [-0.05, 0) is 55.2 Å². The van der Waals surface area contributed by atoms with Crippen molar-refractivity contribution in [3.8, 4) is 5.75 Å². The number of aromatic amines is 1. The topological polar surface area (TPSA) is 71.2 Å². The maximum atomic E-state index is 12.2. The number of hydrogen-bond donors (Lipinski definition) is 2. The number of anilines is 1. The monoisotopic (exact) mass is 364 g/mol. The molecule has 140 valence electrons. The zero-order valence-corrected chi connectivity index (χ0v) is 16.1. The summed E-state index contributed by atoms with van der Waals surface area (Å²) in [7, 11) is 0. The van der Waals surface area contributed by atoms with E-state index in [4.69, 9.17) is 4.74 Å². The second-order valence-corrected chi connectivity index (χ2v) is 7.03. The summed E-state index contributed by atoms with van der Waals surface area (Å²) in [4.78, 5) is 27.0. The first kappa shape index (κ1) is 18.7. The van der Waals surface area contributed by atoms with E-state index in [1.165, 1.54) is 5.56 Å². The highest BCUT2D eigenvalue weighted by Crippen LogP contribution is 2.21. The predicted octanol–water partition coefficient (Wildman–Crippen LogP) is 4.29. The summed E-state index contributed by atoms with van der Waals surface area (Å²) < 4.78 is 5.55. The molecule has 3 rings (SSSR count). The standard InChI is InChI=1S/C22H24N2O3/c1-13(2)16-5-8-18(9-6-16)27-12-21(25)23-17-7-10-19-14(3)15(4)22(26)24-20(19)11-17/h5-11,13H,12H2,1-4H3,(H,23,25)(H,24,26). The van der Waals surface area contributed by atoms with Crippen molar-refractivity contribution in [3.63, 3.8) is 0 Å². The summed E-state index contributed by atoms with van der Waals surface area (Å²) >= 11 is 0. The largest absolute Gasteiger partial charge is 0.484 e. The van der Waals surface area contributed by atoms with Crippen molar-refractivity contribution in [2.75, 3.05) is 11.9 Å². The minimum Gasteiger partial charge on any atom is -0.484 e. The molecular formula is C22H24N2O3. The molecule has 5 nitrogen and oxygen atoms in total. The lowest BCUT2D eigenvalue weighted by atomic mass is 10.0. The van der Waals surface area contributed by atoms with Gasteiger partial charge in [0.1, 0.15) is 5.75 Å². The molecule has 0 spiro atoms. The third kappa shape index (κ3) is 4.19. The molecule has 0 aliphatic heterocycles. The van der Waals surface area contributed by atoms with Crippen LogP contribution in [0.4, 0.5) is 5.69 Å². The summed E-state index contributed by atoms with van der Waals surface area (Å²) in [6.07, 6.45) is 0. The van der Waals surface area contributed by atoms with Gasteiger partial charge in [0, 0.05) is 16.6 Å². The lowest BCUT2D eigenvalue weighted by molar-refractivity contribution is -0.118. The SMILES string of the molecule is Cc1c(C)c2ccc(NC(=O)COc3ccc(C(C)C)cc3)cc2[nH]c1=O. The number of hydrogen-bond acceptors (Lipinski definition) is 3. The molecule has 0 unspecified atom stereocenters. The Morgan fingerprint density at radius 3 is 2.44 bits per heavy atom. The first-order valence-electron chi connectivity index (χ1n) is 9.01. The van der Waals surface area contributed by atoms with Gasteiger partial charge in [-0.15, -0.1) is 0 Å². The van der Waals surface area contributed by atoms with E-state index in [9.17, 15) is 9.59 Å². The zero-order valence-electron chi connectivity index (χ0n) is 16.1. The van der Waals surface area contributed by atoms with E-state index in [1.807, 2.05) is 43.3 Å². The van der Waals surface area contributed by atoms with E-state index in [0.29, 0.717) is 28.4 Å². The number of aromatic nitrogens is 1. The number of amides is 1. The molecule has 1 aromatic heterocycles. The minimum absolute atomic E-state index is 0.0808. The number of carbonyl (C=O) groups is 1. The Bertz CT molecular complexity index is 1030. The molecule has 1 heterocycles. The molecule has 5 heteroatoms. The number of pyridine rings is 1. The zero-order chi connectivity index (χ0) is 19.6. The molecule has 0 saturated heterocycles. The lowest BCUT2D eigenvalue weighted by Crippen LogP contribution is -2.20. The van der Waals surface area contributed by atoms with E-state index in [0.717, 1.165) is 10.9 Å². The lowest BCUT2D eigenvalue weighted by Gasteiger charge is -2.11. The predicted molar refractivity (Wildman–Crippen MR) is 109 cm³/mol. The van der Waals surface area contributed by atoms with Gasteiger partial charge < -0.3 is 15.0 Å². The van der Waals surface area contributed by atoms with Crippen LogP contribution in [-0.2, 0) is 4.79 Å². The second-order valence-electron chi connectivity index (χ2n) is 7.03. The summed E-state index contributed by atoms with van der Waals surface area (Å²) in [5.41, 5.74) is 4.08. The maximum absolute atomic E-state index is 12.2. The third-order valence-corrected chi connectivity index (χ3v) is 4.78. The number of benzene rings is 2. The average Bonchev–Trinajstić information content (AvgIpc) is 2.65. The number of H-pyrrole nitrogens is 1. The molecule has 0 saturated carbocycles. The van der Waals surface area contributed by atoms with Crippen molar-refractivity contribution in [1.29, 1.82) is 0 Å². The fourth-order valence-corrected chi connectivity index (χ4v) is 2.94. The third-order valence-electron chi connectivity index (χ3n) is 4.78. The van der Waals surface area contributed by atoms with Gasteiger partial charge in [-0.1, -0.05) is 32.0 Å². The fourth-order valence-electron chi connectivity index (χ4n) is 2.94. The van der Waals surface area contributed by atoms with Crippen molar-refractivity contribution >= 4 is 22.5 Å². The number of aryl methyl sites for hydroxylation is 1. The van der Waals surface area contributed by atoms with E-state index < -0.39 is 0 Å². The van der Waals surface area contributed by atoms with Crippen LogP contribution in [0.5, 0.6) is 5.75 Å². The van der Waals surface area contributed by atoms with E-state index in [2.05, 4.69) is 24.1 Å². The van der Waals surface area contributed by atoms with Crippen LogP contribution >= 0.6 is 0 Å². The van der Waals surface area contributed by atoms with Gasteiger partial charge >= 0.3 is 0 Å². The minimum atomic E-state index is -0.256. The van der Waals surface area contributed by atoms with Gasteiger partial charge in [-0.3, -0.25) is 9.59 Å². The molecule has 0 atom stereocenters. The van der Waals surface area contributed by atoms with E-state index in [1.54, 1.807) is 13.0 Å². The van der Waals surface area contributed by atoms with Gasteiger partial charge in [0.15, 0.2) is 6.61 Å². The van der Waals surface area contributed by atoms with Crippen LogP contribution in [0.1, 0.15) is 36.5 Å². The fraction of sp³-hybridized carbons (Fsp3) is 0.273. The highest BCUT2D eigenvalue weighted by atomic mass is 16.5. The molecule has 27 heavy (non-hydrogen) atoms. The molecule has 3 aromatic rings. The average molecular weight is 364 g/mol. The summed E-state index contributed by atoms with van der Waals surface area (Å²) in [6.45, 7) is 7.90. The second kappa shape index (κ2) is 7.66. The van der Waals surface area contributed by atoms with Gasteiger partial charge in [-0.25, -0.2) is 0 Å². The van der Waals surface area contributed by atoms with Crippen LogP contribution in [0, 0.1) is 13.8 Å². The summed E-state index contributed by atoms with van der Waals surface area (Å²) in [6, 6.07) is 13.2. The first-order valence-corrected chi connectivity index (χ1v) is 9.01. The number of ether oxygens (including phenoxy) is 1. The molecule has 0 radical (unpaired) electrons. The molecule has 0 fully saturated rings. The molecule has 0 bridgehead atoms. The molecule has 0 aliphatic rings. The first-order chi connectivity index (χ1) is 12.8. The Morgan fingerprint density at radius 2 is 1.78 bits per heavy atom. The van der Waals surface area contributed by atoms with Crippen LogP contribution in [-0.4, -0.2) is 17.5 Å². The van der Waals surface area contributed by atoms with Gasteiger partial charge in [0.05, 0.1) is 5.52 Å². The normalized spacial score (nSPS) is 11.0. The Labute approximate surface area is 158 Å². The van der Waals surface area contributed by atoms with Crippen molar-refractivity contribution < 1.29 is 9.53 Å². The Morgan fingerprint density at radius 1 is 1.07 bits per heavy atom. The Balaban J connectivity index is 1.67. The van der Waals surface area contributed by atoms with Crippen LogP contribution in [0.25, 0.3) is 10.9 Å². The van der Waals surface area contributed by atoms with E-state index >= 15 is 0 Å². The van der Waals surface area contributed by atoms with Crippen molar-refractivity contribution in [3.05, 3.63) is 69.5 Å². The number of carbonyl (C=O) groups excluding carboxylic acids is 1. The number of rotatable bonds is 5. The van der Waals surface area contributed by atoms with Crippen LogP contribution < -0.4 is 15.6 Å². The number of fused-ring (bicyclic) bond motifs is 1. The molecule has 2 N–H and O–H groups in total. The molecular weight excluding hydrogens is 340 g/mol. The molecule has 2 aromatic carbocycles. The highest BCUT2D eigenvalue weighted by Gasteiger charge is 2.08. The Hall–Kier alpha value is -3.08. The smallest absolute Gasteiger partial charge is 0.262 e. The van der Waals surface area contributed by atoms with Gasteiger partial charge in [-0.2, -0.15) is 0 Å². The Kier molecular flexibility index (Phi) is 5.31. The van der Waals surface area contributed by atoms with Gasteiger partial charge in [0.2, 0.25) is 0 Å². The van der Waals surface area contributed by atoms with E-state index in [-0.39, 0.29) is 18.1 Å². The van der Waals surface area contributed by atoms with Crippen molar-refractivity contribution in [1.82, 2.24) is 4.98 Å². The number of nitrogens with one attached hydrogen (secondary N) is 2. The maximum Gasteiger partial charge on any atom is 0.262 e. The van der Waals surface area contributed by atoms with Crippen LogP contribution in [0.15, 0.2) is 47.3 Å². The molecule has 0 aliphatic carbocycles.